The normalized spacial score (nSPS) is 12.8. The molecule has 1 aliphatic rings. The van der Waals surface area contributed by atoms with E-state index in [2.05, 4.69) is 0 Å². The third-order valence-electron chi connectivity index (χ3n) is 4.27. The largest absolute Gasteiger partial charge is 0.481 e. The molecular formula is C20H20N2O5. The Morgan fingerprint density at radius 3 is 2.56 bits per heavy atom. The molecule has 1 aliphatic heterocycles. The minimum Gasteiger partial charge on any atom is -0.481 e. The van der Waals surface area contributed by atoms with Crippen LogP contribution in [0.1, 0.15) is 22.3 Å². The van der Waals surface area contributed by atoms with Gasteiger partial charge in [-0.25, -0.2) is 4.79 Å². The van der Waals surface area contributed by atoms with Crippen molar-refractivity contribution in [3.63, 3.8) is 0 Å². The molecule has 0 atom stereocenters. The van der Waals surface area contributed by atoms with E-state index in [-0.39, 0.29) is 23.8 Å². The maximum Gasteiger partial charge on any atom is 0.344 e. The van der Waals surface area contributed by atoms with Gasteiger partial charge in [0, 0.05) is 12.2 Å². The summed E-state index contributed by atoms with van der Waals surface area (Å²) in [4.78, 5) is 37.3. The Morgan fingerprint density at radius 2 is 1.74 bits per heavy atom. The van der Waals surface area contributed by atoms with Crippen molar-refractivity contribution in [2.75, 3.05) is 24.7 Å². The highest BCUT2D eigenvalue weighted by Crippen LogP contribution is 2.26. The van der Waals surface area contributed by atoms with Gasteiger partial charge in [0.1, 0.15) is 5.75 Å². The third kappa shape index (κ3) is 4.44. The van der Waals surface area contributed by atoms with Crippen molar-refractivity contribution in [1.82, 2.24) is 0 Å². The fraction of sp³-hybridized carbons (Fsp3) is 0.250. The van der Waals surface area contributed by atoms with Crippen LogP contribution < -0.4 is 15.4 Å². The number of nitrogens with two attached hydrogens (primary N) is 1. The van der Waals surface area contributed by atoms with Gasteiger partial charge in [-0.1, -0.05) is 30.3 Å². The molecule has 1 heterocycles. The molecule has 0 unspecified atom stereocenters. The summed E-state index contributed by atoms with van der Waals surface area (Å²) >= 11 is 0. The van der Waals surface area contributed by atoms with Crippen LogP contribution in [0.25, 0.3) is 0 Å². The molecule has 3 rings (SSSR count). The Hall–Kier alpha value is -3.35. The molecule has 27 heavy (non-hydrogen) atoms. The van der Waals surface area contributed by atoms with Gasteiger partial charge in [0.15, 0.2) is 13.2 Å². The van der Waals surface area contributed by atoms with E-state index in [1.165, 1.54) is 12.1 Å². The summed E-state index contributed by atoms with van der Waals surface area (Å²) in [5.74, 6) is -1.45. The molecule has 0 fully saturated rings. The first-order valence-corrected chi connectivity index (χ1v) is 8.62. The number of rotatable bonds is 6. The van der Waals surface area contributed by atoms with Crippen LogP contribution in [0.4, 0.5) is 5.69 Å². The van der Waals surface area contributed by atoms with Crippen LogP contribution >= 0.6 is 0 Å². The quantitative estimate of drug-likeness (QED) is 0.782. The van der Waals surface area contributed by atoms with Crippen LogP contribution in [-0.4, -0.2) is 37.5 Å². The second-order valence-corrected chi connectivity index (χ2v) is 6.09. The van der Waals surface area contributed by atoms with Crippen molar-refractivity contribution in [2.45, 2.75) is 12.8 Å². The van der Waals surface area contributed by atoms with E-state index in [9.17, 15) is 14.4 Å². The average Bonchev–Trinajstić information content (AvgIpc) is 2.70. The smallest absolute Gasteiger partial charge is 0.344 e. The number of anilines is 1. The highest BCUT2D eigenvalue weighted by atomic mass is 16.6. The van der Waals surface area contributed by atoms with E-state index in [0.29, 0.717) is 6.54 Å². The Kier molecular flexibility index (Phi) is 5.71. The van der Waals surface area contributed by atoms with Crippen molar-refractivity contribution in [3.05, 3.63) is 59.7 Å². The summed E-state index contributed by atoms with van der Waals surface area (Å²) < 4.78 is 10.3. The topological polar surface area (TPSA) is 98.9 Å². The van der Waals surface area contributed by atoms with Crippen LogP contribution in [-0.2, 0) is 20.7 Å². The molecule has 0 aliphatic carbocycles. The van der Waals surface area contributed by atoms with Gasteiger partial charge in [0.25, 0.3) is 11.8 Å². The van der Waals surface area contributed by atoms with Crippen molar-refractivity contribution >= 4 is 23.5 Å². The number of ether oxygens (including phenoxy) is 2. The van der Waals surface area contributed by atoms with Crippen molar-refractivity contribution in [2.24, 2.45) is 5.73 Å². The van der Waals surface area contributed by atoms with E-state index < -0.39 is 18.5 Å². The number of nitrogens with zero attached hydrogens (tertiary/aromatic N) is 1. The maximum absolute atomic E-state index is 12.4. The lowest BCUT2D eigenvalue weighted by molar-refractivity contribution is -0.149. The maximum atomic E-state index is 12.4. The molecular weight excluding hydrogens is 348 g/mol. The van der Waals surface area contributed by atoms with Gasteiger partial charge in [-0.05, 0) is 36.6 Å². The Morgan fingerprint density at radius 1 is 1.00 bits per heavy atom. The number of fused-ring (bicyclic) bond motifs is 1. The first-order chi connectivity index (χ1) is 13.1. The Bertz CT molecular complexity index is 865. The number of benzene rings is 2. The van der Waals surface area contributed by atoms with Gasteiger partial charge in [-0.2, -0.15) is 0 Å². The number of amides is 2. The highest BCUT2D eigenvalue weighted by molar-refractivity contribution is 5.97. The molecule has 140 valence electrons. The van der Waals surface area contributed by atoms with Crippen molar-refractivity contribution in [3.8, 4) is 5.75 Å². The van der Waals surface area contributed by atoms with Gasteiger partial charge >= 0.3 is 5.97 Å². The molecule has 7 heteroatoms. The summed E-state index contributed by atoms with van der Waals surface area (Å²) in [6, 6.07) is 14.0. The fourth-order valence-corrected chi connectivity index (χ4v) is 2.99. The van der Waals surface area contributed by atoms with Crippen LogP contribution in [0.5, 0.6) is 5.75 Å². The Labute approximate surface area is 156 Å². The summed E-state index contributed by atoms with van der Waals surface area (Å²) in [7, 11) is 0. The number of esters is 1. The third-order valence-corrected chi connectivity index (χ3v) is 4.27. The molecule has 0 spiro atoms. The van der Waals surface area contributed by atoms with Gasteiger partial charge in [-0.3, -0.25) is 9.59 Å². The van der Waals surface area contributed by atoms with Gasteiger partial charge in [0.05, 0.1) is 5.56 Å². The average molecular weight is 368 g/mol. The van der Waals surface area contributed by atoms with Crippen molar-refractivity contribution < 1.29 is 23.9 Å². The molecule has 2 N–H and O–H groups in total. The van der Waals surface area contributed by atoms with E-state index in [1.54, 1.807) is 17.0 Å². The summed E-state index contributed by atoms with van der Waals surface area (Å²) in [6.45, 7) is -0.196. The van der Waals surface area contributed by atoms with Crippen LogP contribution in [0.2, 0.25) is 0 Å². The first-order valence-electron chi connectivity index (χ1n) is 8.62. The van der Waals surface area contributed by atoms with Gasteiger partial charge in [-0.15, -0.1) is 0 Å². The van der Waals surface area contributed by atoms with Gasteiger partial charge < -0.3 is 20.1 Å². The molecule has 0 saturated carbocycles. The molecule has 0 bridgehead atoms. The number of hydrogen-bond donors (Lipinski definition) is 1. The number of carbonyl (C=O) groups excluding carboxylic acids is 3. The molecule has 0 aromatic heterocycles. The zero-order valence-electron chi connectivity index (χ0n) is 14.7. The summed E-state index contributed by atoms with van der Waals surface area (Å²) in [6.07, 6.45) is 1.79. The van der Waals surface area contributed by atoms with E-state index in [4.69, 9.17) is 15.2 Å². The highest BCUT2D eigenvalue weighted by Gasteiger charge is 2.23. The van der Waals surface area contributed by atoms with E-state index >= 15 is 0 Å². The number of para-hydroxylation sites is 2. The summed E-state index contributed by atoms with van der Waals surface area (Å²) in [5, 5.41) is 0. The minimum atomic E-state index is -0.701. The lowest BCUT2D eigenvalue weighted by atomic mass is 10.0. The van der Waals surface area contributed by atoms with E-state index in [1.807, 2.05) is 24.3 Å². The monoisotopic (exact) mass is 368 g/mol. The second-order valence-electron chi connectivity index (χ2n) is 6.09. The van der Waals surface area contributed by atoms with Crippen LogP contribution in [0.3, 0.4) is 0 Å². The lowest BCUT2D eigenvalue weighted by Crippen LogP contribution is -2.38. The molecule has 0 radical (unpaired) electrons. The standard InChI is InChI=1S/C20H20N2O5/c21-20(25)15-8-2-4-10-17(15)26-13-19(24)27-12-18(23)22-11-5-7-14-6-1-3-9-16(14)22/h1-4,6,8-10H,5,7,11-13H2,(H2,21,25). The number of carbonyl (C=O) groups is 3. The van der Waals surface area contributed by atoms with Crippen LogP contribution in [0, 0.1) is 0 Å². The zero-order valence-corrected chi connectivity index (χ0v) is 14.7. The molecule has 7 nitrogen and oxygen atoms in total. The lowest BCUT2D eigenvalue weighted by Gasteiger charge is -2.29. The van der Waals surface area contributed by atoms with E-state index in [0.717, 1.165) is 24.1 Å². The second kappa shape index (κ2) is 8.35. The SMILES string of the molecule is NC(=O)c1ccccc1OCC(=O)OCC(=O)N1CCCc2ccccc21. The molecule has 2 aromatic rings. The summed E-state index contributed by atoms with van der Waals surface area (Å²) in [5.41, 5.74) is 7.39. The van der Waals surface area contributed by atoms with Gasteiger partial charge in [0.2, 0.25) is 0 Å². The zero-order chi connectivity index (χ0) is 19.2. The number of hydrogen-bond acceptors (Lipinski definition) is 5. The van der Waals surface area contributed by atoms with Crippen LogP contribution in [0.15, 0.2) is 48.5 Å². The van der Waals surface area contributed by atoms with Crippen molar-refractivity contribution in [1.29, 1.82) is 0 Å². The number of aryl methyl sites for hydroxylation is 1. The first kappa shape index (κ1) is 18.4. The minimum absolute atomic E-state index is 0.173. The predicted molar refractivity (Wildman–Crippen MR) is 98.5 cm³/mol. The Balaban J connectivity index is 1.53. The predicted octanol–water partition coefficient (Wildman–Crippen LogP) is 1.69. The molecule has 0 saturated heterocycles. The molecule has 2 amide bonds. The molecule has 2 aromatic carbocycles. The number of primary amides is 1. The fourth-order valence-electron chi connectivity index (χ4n) is 2.99.